The molecule has 0 amide bonds. The van der Waals surface area contributed by atoms with Gasteiger partial charge in [0.05, 0.1) is 28.9 Å². The van der Waals surface area contributed by atoms with Gasteiger partial charge >= 0.3 is 0 Å². The summed E-state index contributed by atoms with van der Waals surface area (Å²) < 4.78 is 5.26. The van der Waals surface area contributed by atoms with Crippen molar-refractivity contribution in [1.29, 1.82) is 0 Å². The highest BCUT2D eigenvalue weighted by Gasteiger charge is 2.22. The van der Waals surface area contributed by atoms with E-state index in [0.717, 1.165) is 46.5 Å². The molecule has 4 rings (SSSR count). The SMILES string of the molecule is CCC1CCC(Nc2c(C(C)=O)cnc3ccc(-c4cc(Cl)c(O)c(OC)c4)cc23)CC1. The van der Waals surface area contributed by atoms with E-state index in [1.807, 2.05) is 18.2 Å². The quantitative estimate of drug-likeness (QED) is 0.400. The topological polar surface area (TPSA) is 71.5 Å². The molecule has 32 heavy (non-hydrogen) atoms. The van der Waals surface area contributed by atoms with Gasteiger partial charge in [-0.3, -0.25) is 9.78 Å². The average molecular weight is 453 g/mol. The lowest BCUT2D eigenvalue weighted by Gasteiger charge is -2.30. The van der Waals surface area contributed by atoms with Gasteiger partial charge in [-0.15, -0.1) is 0 Å². The van der Waals surface area contributed by atoms with Crippen LogP contribution in [0.25, 0.3) is 22.0 Å². The summed E-state index contributed by atoms with van der Waals surface area (Å²) in [4.78, 5) is 17.0. The predicted octanol–water partition coefficient (Wildman–Crippen LogP) is 6.85. The Balaban J connectivity index is 1.79. The number of pyridine rings is 1. The zero-order valence-corrected chi connectivity index (χ0v) is 19.5. The number of aromatic nitrogens is 1. The number of hydrogen-bond donors (Lipinski definition) is 2. The smallest absolute Gasteiger partial charge is 0.176 e. The lowest BCUT2D eigenvalue weighted by molar-refractivity contribution is 0.101. The molecular weight excluding hydrogens is 424 g/mol. The Hall–Kier alpha value is -2.79. The summed E-state index contributed by atoms with van der Waals surface area (Å²) in [5.74, 6) is 1.03. The summed E-state index contributed by atoms with van der Waals surface area (Å²) in [6, 6.07) is 9.73. The van der Waals surface area contributed by atoms with Crippen LogP contribution in [0, 0.1) is 5.92 Å². The number of carbonyl (C=O) groups is 1. The molecule has 0 saturated heterocycles. The van der Waals surface area contributed by atoms with Gasteiger partial charge in [-0.25, -0.2) is 0 Å². The molecule has 0 spiro atoms. The normalized spacial score (nSPS) is 18.5. The highest BCUT2D eigenvalue weighted by atomic mass is 35.5. The number of phenolic OH excluding ortho intramolecular Hbond substituents is 1. The third kappa shape index (κ3) is 4.40. The summed E-state index contributed by atoms with van der Waals surface area (Å²) in [7, 11) is 1.49. The van der Waals surface area contributed by atoms with Crippen molar-refractivity contribution in [2.24, 2.45) is 5.92 Å². The zero-order chi connectivity index (χ0) is 22.8. The average Bonchev–Trinajstić information content (AvgIpc) is 2.81. The number of ketones is 1. The Labute approximate surface area is 193 Å². The molecule has 1 saturated carbocycles. The van der Waals surface area contributed by atoms with E-state index >= 15 is 0 Å². The molecule has 0 unspecified atom stereocenters. The molecule has 1 aromatic heterocycles. The van der Waals surface area contributed by atoms with Crippen molar-refractivity contribution >= 4 is 34.0 Å². The first-order chi connectivity index (χ1) is 15.4. The van der Waals surface area contributed by atoms with E-state index < -0.39 is 0 Å². The minimum Gasteiger partial charge on any atom is -0.503 e. The molecule has 168 valence electrons. The van der Waals surface area contributed by atoms with Crippen LogP contribution < -0.4 is 10.1 Å². The van der Waals surface area contributed by atoms with Crippen molar-refractivity contribution < 1.29 is 14.6 Å². The maximum atomic E-state index is 12.4. The van der Waals surface area contributed by atoms with E-state index in [9.17, 15) is 9.90 Å². The van der Waals surface area contributed by atoms with Crippen LogP contribution in [0.2, 0.25) is 5.02 Å². The van der Waals surface area contributed by atoms with E-state index in [-0.39, 0.29) is 16.6 Å². The summed E-state index contributed by atoms with van der Waals surface area (Å²) in [5, 5.41) is 14.9. The standard InChI is InChI=1S/C26H29ClN2O3/c1-4-16-5-8-19(9-6-16)29-25-20-11-17(7-10-23(20)28-14-21(25)15(2)30)18-12-22(27)26(31)24(13-18)32-3/h7,10-14,16,19,31H,4-6,8-9H2,1-3H3,(H,28,29). The van der Waals surface area contributed by atoms with Gasteiger partial charge in [-0.05, 0) is 73.9 Å². The van der Waals surface area contributed by atoms with Crippen molar-refractivity contribution in [3.63, 3.8) is 0 Å². The van der Waals surface area contributed by atoms with Crippen LogP contribution in [-0.4, -0.2) is 29.0 Å². The molecule has 0 aliphatic heterocycles. The van der Waals surface area contributed by atoms with Gasteiger partial charge in [-0.1, -0.05) is 31.0 Å². The van der Waals surface area contributed by atoms with Gasteiger partial charge in [0.25, 0.3) is 0 Å². The van der Waals surface area contributed by atoms with Crippen LogP contribution in [0.1, 0.15) is 56.3 Å². The molecule has 5 nitrogen and oxygen atoms in total. The number of halogens is 1. The number of nitrogens with zero attached hydrogens (tertiary/aromatic N) is 1. The number of ether oxygens (including phenoxy) is 1. The van der Waals surface area contributed by atoms with Crippen molar-refractivity contribution in [2.75, 3.05) is 12.4 Å². The first kappa shape index (κ1) is 22.4. The summed E-state index contributed by atoms with van der Waals surface area (Å²) in [5.41, 5.74) is 3.99. The fraction of sp³-hybridized carbons (Fsp3) is 0.385. The Morgan fingerprint density at radius 3 is 2.59 bits per heavy atom. The molecule has 0 radical (unpaired) electrons. The van der Waals surface area contributed by atoms with Crippen LogP contribution in [0.5, 0.6) is 11.5 Å². The number of Topliss-reactive ketones (excluding diaryl/α,β-unsaturated/α-hetero) is 1. The number of fused-ring (bicyclic) bond motifs is 1. The van der Waals surface area contributed by atoms with Crippen LogP contribution in [0.4, 0.5) is 5.69 Å². The number of carbonyl (C=O) groups excluding carboxylic acids is 1. The Morgan fingerprint density at radius 1 is 1.19 bits per heavy atom. The van der Waals surface area contributed by atoms with Crippen LogP contribution >= 0.6 is 11.6 Å². The minimum atomic E-state index is -0.0794. The maximum absolute atomic E-state index is 12.4. The van der Waals surface area contributed by atoms with Crippen LogP contribution in [-0.2, 0) is 0 Å². The van der Waals surface area contributed by atoms with Crippen molar-refractivity contribution in [3.05, 3.63) is 47.1 Å². The molecule has 1 aliphatic rings. The number of methoxy groups -OCH3 is 1. The fourth-order valence-electron chi connectivity index (χ4n) is 4.61. The maximum Gasteiger partial charge on any atom is 0.176 e. The second-order valence-electron chi connectivity index (χ2n) is 8.61. The molecule has 1 fully saturated rings. The number of phenols is 1. The van der Waals surface area contributed by atoms with E-state index in [0.29, 0.717) is 17.4 Å². The molecule has 1 heterocycles. The summed E-state index contributed by atoms with van der Waals surface area (Å²) >= 11 is 6.22. The molecule has 6 heteroatoms. The molecule has 2 N–H and O–H groups in total. The van der Waals surface area contributed by atoms with Gasteiger partial charge in [0, 0.05) is 17.6 Å². The van der Waals surface area contributed by atoms with Crippen LogP contribution in [0.3, 0.4) is 0 Å². The van der Waals surface area contributed by atoms with Gasteiger partial charge in [0.1, 0.15) is 0 Å². The predicted molar refractivity (Wildman–Crippen MR) is 130 cm³/mol. The van der Waals surface area contributed by atoms with Crippen LogP contribution in [0.15, 0.2) is 36.5 Å². The van der Waals surface area contributed by atoms with Gasteiger partial charge in [0.2, 0.25) is 0 Å². The number of anilines is 1. The first-order valence-corrected chi connectivity index (χ1v) is 11.6. The summed E-state index contributed by atoms with van der Waals surface area (Å²) in [6.07, 6.45) is 7.53. The Kier molecular flexibility index (Phi) is 6.56. The van der Waals surface area contributed by atoms with Gasteiger partial charge in [0.15, 0.2) is 17.3 Å². The minimum absolute atomic E-state index is 0.0103. The first-order valence-electron chi connectivity index (χ1n) is 11.2. The van der Waals surface area contributed by atoms with Gasteiger partial charge < -0.3 is 15.2 Å². The molecule has 0 atom stereocenters. The largest absolute Gasteiger partial charge is 0.503 e. The number of aromatic hydroxyl groups is 1. The molecule has 2 aromatic carbocycles. The number of hydrogen-bond acceptors (Lipinski definition) is 5. The van der Waals surface area contributed by atoms with E-state index in [1.54, 1.807) is 25.3 Å². The van der Waals surface area contributed by atoms with E-state index in [2.05, 4.69) is 17.2 Å². The Morgan fingerprint density at radius 2 is 1.94 bits per heavy atom. The Bertz CT molecular complexity index is 1150. The third-order valence-corrected chi connectivity index (χ3v) is 6.89. The highest BCUT2D eigenvalue weighted by molar-refractivity contribution is 6.32. The molecule has 3 aromatic rings. The molecular formula is C26H29ClN2O3. The van der Waals surface area contributed by atoms with Crippen molar-refractivity contribution in [2.45, 2.75) is 52.0 Å². The molecule has 1 aliphatic carbocycles. The lowest BCUT2D eigenvalue weighted by atomic mass is 9.84. The molecule has 0 bridgehead atoms. The third-order valence-electron chi connectivity index (χ3n) is 6.60. The fourth-order valence-corrected chi connectivity index (χ4v) is 4.82. The van der Waals surface area contributed by atoms with E-state index in [1.165, 1.54) is 26.4 Å². The highest BCUT2D eigenvalue weighted by Crippen LogP contribution is 2.40. The van der Waals surface area contributed by atoms with Crippen molar-refractivity contribution in [3.8, 4) is 22.6 Å². The second kappa shape index (κ2) is 9.37. The number of rotatable bonds is 6. The second-order valence-corrected chi connectivity index (χ2v) is 9.02. The van der Waals surface area contributed by atoms with Gasteiger partial charge in [-0.2, -0.15) is 0 Å². The number of nitrogens with one attached hydrogen (secondary N) is 1. The number of benzene rings is 2. The van der Waals surface area contributed by atoms with Crippen molar-refractivity contribution in [1.82, 2.24) is 4.98 Å². The lowest BCUT2D eigenvalue weighted by Crippen LogP contribution is -2.26. The summed E-state index contributed by atoms with van der Waals surface area (Å²) in [6.45, 7) is 3.84. The monoisotopic (exact) mass is 452 g/mol. The zero-order valence-electron chi connectivity index (χ0n) is 18.7. The van der Waals surface area contributed by atoms with E-state index in [4.69, 9.17) is 16.3 Å².